The summed E-state index contributed by atoms with van der Waals surface area (Å²) in [5, 5.41) is 8.47. The van der Waals surface area contributed by atoms with E-state index in [4.69, 9.17) is 4.42 Å². The van der Waals surface area contributed by atoms with Crippen LogP contribution in [0, 0.1) is 0 Å². The molecule has 0 saturated carbocycles. The molecule has 0 radical (unpaired) electrons. The highest BCUT2D eigenvalue weighted by atomic mass is 32.2. The van der Waals surface area contributed by atoms with Gasteiger partial charge in [0, 0.05) is 12.7 Å². The Hall–Kier alpha value is -2.59. The van der Waals surface area contributed by atoms with Crippen molar-refractivity contribution in [3.63, 3.8) is 0 Å². The zero-order valence-electron chi connectivity index (χ0n) is 13.3. The summed E-state index contributed by atoms with van der Waals surface area (Å²) in [6, 6.07) is 6.58. The number of carbonyl (C=O) groups is 1. The first-order chi connectivity index (χ1) is 12.0. The second kappa shape index (κ2) is 7.11. The predicted octanol–water partition coefficient (Wildman–Crippen LogP) is 2.29. The largest absolute Gasteiger partial charge is 0.467 e. The van der Waals surface area contributed by atoms with Crippen LogP contribution in [0.25, 0.3) is 0 Å². The van der Waals surface area contributed by atoms with Gasteiger partial charge < -0.3 is 9.73 Å². The molecule has 0 atom stereocenters. The Bertz CT molecular complexity index is 944. The average Bonchev–Trinajstić information content (AvgIpc) is 3.32. The van der Waals surface area contributed by atoms with Crippen molar-refractivity contribution in [1.29, 1.82) is 0 Å². The van der Waals surface area contributed by atoms with Crippen LogP contribution in [0.1, 0.15) is 23.2 Å². The van der Waals surface area contributed by atoms with E-state index in [2.05, 4.69) is 15.1 Å². The van der Waals surface area contributed by atoms with Gasteiger partial charge in [-0.05, 0) is 30.5 Å². The van der Waals surface area contributed by atoms with E-state index < -0.39 is 15.9 Å². The molecule has 10 heteroatoms. The number of amides is 1. The number of nitrogens with one attached hydrogen (secondary N) is 2. The fourth-order valence-electron chi connectivity index (χ4n) is 2.10. The Morgan fingerprint density at radius 2 is 2.20 bits per heavy atom. The van der Waals surface area contributed by atoms with E-state index in [-0.39, 0.29) is 22.1 Å². The fraction of sp³-hybridized carbons (Fsp3) is 0.200. The predicted molar refractivity (Wildman–Crippen MR) is 92.9 cm³/mol. The standard InChI is InChI=1S/C15H16N4O4S2/c1-2-19-10-12(18-25(21,22)13-6-4-8-24-13)14(17-19)15(20)16-9-11-5-3-7-23-11/h3-8,10,18H,2,9H2,1H3,(H,16,20). The first-order valence-electron chi connectivity index (χ1n) is 7.44. The molecule has 0 bridgehead atoms. The third kappa shape index (κ3) is 3.91. The summed E-state index contributed by atoms with van der Waals surface area (Å²) in [5.74, 6) is 0.0940. The minimum Gasteiger partial charge on any atom is -0.467 e. The molecular formula is C15H16N4O4S2. The number of rotatable bonds is 7. The smallest absolute Gasteiger partial charge is 0.274 e. The first-order valence-corrected chi connectivity index (χ1v) is 9.80. The van der Waals surface area contributed by atoms with Gasteiger partial charge >= 0.3 is 0 Å². The lowest BCUT2D eigenvalue weighted by Gasteiger charge is -2.06. The van der Waals surface area contributed by atoms with Crippen molar-refractivity contribution in [3.05, 3.63) is 53.6 Å². The lowest BCUT2D eigenvalue weighted by Crippen LogP contribution is -2.25. The normalized spacial score (nSPS) is 11.4. The highest BCUT2D eigenvalue weighted by molar-refractivity contribution is 7.94. The molecule has 0 aromatic carbocycles. The molecule has 0 unspecified atom stereocenters. The van der Waals surface area contributed by atoms with Crippen LogP contribution in [0.5, 0.6) is 0 Å². The highest BCUT2D eigenvalue weighted by Gasteiger charge is 2.23. The minimum absolute atomic E-state index is 0.00790. The number of aryl methyl sites for hydroxylation is 1. The number of furan rings is 1. The van der Waals surface area contributed by atoms with Crippen LogP contribution >= 0.6 is 11.3 Å². The second-order valence-corrected chi connectivity index (χ2v) is 7.90. The summed E-state index contributed by atoms with van der Waals surface area (Å²) < 4.78 is 34.0. The number of nitrogens with zero attached hydrogens (tertiary/aromatic N) is 2. The lowest BCUT2D eigenvalue weighted by molar-refractivity contribution is 0.0943. The van der Waals surface area contributed by atoms with Crippen molar-refractivity contribution in [2.24, 2.45) is 0 Å². The molecule has 0 aliphatic carbocycles. The van der Waals surface area contributed by atoms with Crippen molar-refractivity contribution in [2.75, 3.05) is 4.72 Å². The number of hydrogen-bond donors (Lipinski definition) is 2. The van der Waals surface area contributed by atoms with Crippen LogP contribution in [0.2, 0.25) is 0 Å². The monoisotopic (exact) mass is 380 g/mol. The van der Waals surface area contributed by atoms with Gasteiger partial charge in [0.2, 0.25) is 0 Å². The number of sulfonamides is 1. The maximum Gasteiger partial charge on any atom is 0.274 e. The fourth-order valence-corrected chi connectivity index (χ4v) is 4.15. The molecule has 25 heavy (non-hydrogen) atoms. The summed E-state index contributed by atoms with van der Waals surface area (Å²) in [6.07, 6.45) is 3.00. The third-order valence-corrected chi connectivity index (χ3v) is 6.07. The Morgan fingerprint density at radius 3 is 2.84 bits per heavy atom. The lowest BCUT2D eigenvalue weighted by atomic mass is 10.3. The topological polar surface area (TPSA) is 106 Å². The van der Waals surface area contributed by atoms with Gasteiger partial charge in [-0.3, -0.25) is 14.2 Å². The van der Waals surface area contributed by atoms with Crippen LogP contribution in [0.4, 0.5) is 5.69 Å². The van der Waals surface area contributed by atoms with Crippen LogP contribution in [0.3, 0.4) is 0 Å². The van der Waals surface area contributed by atoms with Gasteiger partial charge in [-0.1, -0.05) is 6.07 Å². The second-order valence-electron chi connectivity index (χ2n) is 5.05. The summed E-state index contributed by atoms with van der Waals surface area (Å²) >= 11 is 1.09. The van der Waals surface area contributed by atoms with Gasteiger partial charge in [-0.15, -0.1) is 11.3 Å². The van der Waals surface area contributed by atoms with E-state index in [0.717, 1.165) is 11.3 Å². The van der Waals surface area contributed by atoms with Gasteiger partial charge in [0.15, 0.2) is 5.69 Å². The molecule has 0 spiro atoms. The molecule has 2 N–H and O–H groups in total. The minimum atomic E-state index is -3.76. The molecule has 8 nitrogen and oxygen atoms in total. The molecule has 132 valence electrons. The van der Waals surface area contributed by atoms with Gasteiger partial charge in [0.05, 0.1) is 18.5 Å². The van der Waals surface area contributed by atoms with Crippen LogP contribution < -0.4 is 10.0 Å². The number of thiophene rings is 1. The molecule has 3 rings (SSSR count). The molecule has 3 heterocycles. The van der Waals surface area contributed by atoms with E-state index >= 15 is 0 Å². The summed E-state index contributed by atoms with van der Waals surface area (Å²) in [7, 11) is -3.76. The summed E-state index contributed by atoms with van der Waals surface area (Å²) in [5.41, 5.74) is 0.140. The maximum absolute atomic E-state index is 12.4. The van der Waals surface area contributed by atoms with Crippen LogP contribution in [0.15, 0.2) is 50.7 Å². The Labute approximate surface area is 148 Å². The number of carbonyl (C=O) groups excluding carboxylic acids is 1. The Kier molecular flexibility index (Phi) is 4.91. The van der Waals surface area contributed by atoms with Crippen molar-refractivity contribution in [2.45, 2.75) is 24.2 Å². The molecule has 0 fully saturated rings. The molecule has 0 aliphatic rings. The molecule has 3 aromatic heterocycles. The van der Waals surface area contributed by atoms with E-state index in [0.29, 0.717) is 12.3 Å². The van der Waals surface area contributed by atoms with Crippen molar-refractivity contribution < 1.29 is 17.6 Å². The van der Waals surface area contributed by atoms with E-state index in [1.165, 1.54) is 23.2 Å². The van der Waals surface area contributed by atoms with E-state index in [1.807, 2.05) is 6.92 Å². The quantitative estimate of drug-likeness (QED) is 0.654. The van der Waals surface area contributed by atoms with Gasteiger partial charge in [-0.2, -0.15) is 5.10 Å². The summed E-state index contributed by atoms with van der Waals surface area (Å²) in [4.78, 5) is 12.4. The van der Waals surface area contributed by atoms with Crippen molar-refractivity contribution >= 4 is 33.0 Å². The zero-order valence-corrected chi connectivity index (χ0v) is 14.9. The maximum atomic E-state index is 12.4. The Balaban J connectivity index is 1.82. The van der Waals surface area contributed by atoms with E-state index in [1.54, 1.807) is 23.6 Å². The molecule has 0 aliphatic heterocycles. The van der Waals surface area contributed by atoms with Crippen molar-refractivity contribution in [3.8, 4) is 0 Å². The van der Waals surface area contributed by atoms with Gasteiger partial charge in [0.25, 0.3) is 15.9 Å². The van der Waals surface area contributed by atoms with Gasteiger partial charge in [0.1, 0.15) is 9.97 Å². The summed E-state index contributed by atoms with van der Waals surface area (Å²) in [6.45, 7) is 2.52. The number of aromatic nitrogens is 2. The molecular weight excluding hydrogens is 364 g/mol. The average molecular weight is 380 g/mol. The van der Waals surface area contributed by atoms with Crippen molar-refractivity contribution in [1.82, 2.24) is 15.1 Å². The zero-order chi connectivity index (χ0) is 17.9. The first kappa shape index (κ1) is 17.2. The number of anilines is 1. The number of hydrogen-bond acceptors (Lipinski definition) is 6. The van der Waals surface area contributed by atoms with Crippen LogP contribution in [-0.2, 0) is 23.1 Å². The Morgan fingerprint density at radius 1 is 1.36 bits per heavy atom. The molecule has 3 aromatic rings. The van der Waals surface area contributed by atoms with Gasteiger partial charge in [-0.25, -0.2) is 8.42 Å². The van der Waals surface area contributed by atoms with Crippen LogP contribution in [-0.4, -0.2) is 24.1 Å². The van der Waals surface area contributed by atoms with E-state index in [9.17, 15) is 13.2 Å². The molecule has 0 saturated heterocycles. The molecule has 1 amide bonds. The third-order valence-electron chi connectivity index (χ3n) is 3.31. The SMILES string of the molecule is CCn1cc(NS(=O)(=O)c2cccs2)c(C(=O)NCc2ccco2)n1. The highest BCUT2D eigenvalue weighted by Crippen LogP contribution is 2.22.